The average molecular weight is 384 g/mol. The zero-order chi connectivity index (χ0) is 20.1. The van der Waals surface area contributed by atoms with Gasteiger partial charge in [0.25, 0.3) is 0 Å². The van der Waals surface area contributed by atoms with Crippen LogP contribution in [-0.2, 0) is 19.6 Å². The van der Waals surface area contributed by atoms with Crippen molar-refractivity contribution in [2.75, 3.05) is 20.8 Å². The average Bonchev–Trinajstić information content (AvgIpc) is 2.58. The summed E-state index contributed by atoms with van der Waals surface area (Å²) in [4.78, 5) is 23.3. The molecule has 0 saturated heterocycles. The Labute approximate surface area is 151 Å². The highest BCUT2D eigenvalue weighted by Gasteiger charge is 2.21. The number of nitrogens with one attached hydrogen (secondary N) is 2. The summed E-state index contributed by atoms with van der Waals surface area (Å²) in [5.74, 6) is -1.98. The maximum atomic E-state index is 12.1. The van der Waals surface area contributed by atoms with Gasteiger partial charge in [0.1, 0.15) is 23.0 Å². The van der Waals surface area contributed by atoms with Crippen LogP contribution in [0.5, 0.6) is 5.75 Å². The van der Waals surface area contributed by atoms with Gasteiger partial charge in [0.15, 0.2) is 5.78 Å². The van der Waals surface area contributed by atoms with E-state index in [1.165, 1.54) is 40.1 Å². The number of ketones is 1. The Morgan fingerprint density at radius 3 is 2.35 bits per heavy atom. The van der Waals surface area contributed by atoms with Crippen LogP contribution in [0.4, 0.5) is 0 Å². The molecule has 1 aromatic carbocycles. The Morgan fingerprint density at radius 2 is 1.88 bits per heavy atom. The van der Waals surface area contributed by atoms with Gasteiger partial charge in [-0.25, -0.2) is 17.9 Å². The Kier molecular flexibility index (Phi) is 7.04. The molecule has 3 N–H and O–H groups in total. The van der Waals surface area contributed by atoms with E-state index >= 15 is 0 Å². The summed E-state index contributed by atoms with van der Waals surface area (Å²) >= 11 is 0. The number of aliphatic hydroxyl groups excluding tert-OH is 1. The molecule has 9 nitrogen and oxygen atoms in total. The standard InChI is InChI=1S/C16H20N2O7S/c1-9(17)15(10(2)19)12(20)8-25-16(21)11-5-6-13(24-4)14(7-11)26(22,23)18-3/h5-7,17-18,20H,8H2,1-4H3/b15-12-,17-9?. The van der Waals surface area contributed by atoms with Crippen molar-refractivity contribution in [1.82, 2.24) is 4.72 Å². The second-order valence-corrected chi connectivity index (χ2v) is 7.01. The van der Waals surface area contributed by atoms with Crippen molar-refractivity contribution in [3.8, 4) is 5.75 Å². The molecule has 0 spiro atoms. The number of benzene rings is 1. The third kappa shape index (κ3) is 4.90. The lowest BCUT2D eigenvalue weighted by molar-refractivity contribution is -0.113. The molecule has 1 rings (SSSR count). The third-order valence-electron chi connectivity index (χ3n) is 3.31. The molecule has 0 aliphatic carbocycles. The first-order valence-corrected chi connectivity index (χ1v) is 8.80. The van der Waals surface area contributed by atoms with Crippen LogP contribution in [0.2, 0.25) is 0 Å². The number of esters is 1. The highest BCUT2D eigenvalue weighted by molar-refractivity contribution is 7.89. The Balaban J connectivity index is 3.13. The normalized spacial score (nSPS) is 12.2. The van der Waals surface area contributed by atoms with Gasteiger partial charge < -0.3 is 20.0 Å². The summed E-state index contributed by atoms with van der Waals surface area (Å²) in [6.07, 6.45) is 0. The minimum atomic E-state index is -3.88. The zero-order valence-electron chi connectivity index (χ0n) is 14.7. The SMILES string of the molecule is CNS(=O)(=O)c1cc(C(=O)OC/C(O)=C(\C(C)=N)C(C)=O)ccc1OC. The molecule has 0 bridgehead atoms. The number of rotatable bonds is 8. The summed E-state index contributed by atoms with van der Waals surface area (Å²) in [5, 5.41) is 17.3. The largest absolute Gasteiger partial charge is 0.508 e. The summed E-state index contributed by atoms with van der Waals surface area (Å²) < 4.78 is 36.0. The molecular formula is C16H20N2O7S. The molecule has 0 atom stereocenters. The molecule has 26 heavy (non-hydrogen) atoms. The van der Waals surface area contributed by atoms with Crippen LogP contribution in [0.25, 0.3) is 0 Å². The Morgan fingerprint density at radius 1 is 1.27 bits per heavy atom. The maximum Gasteiger partial charge on any atom is 0.338 e. The molecule has 0 unspecified atom stereocenters. The van der Waals surface area contributed by atoms with Crippen LogP contribution in [0, 0.1) is 5.41 Å². The van der Waals surface area contributed by atoms with Crippen LogP contribution in [-0.4, -0.2) is 51.8 Å². The number of allylic oxidation sites excluding steroid dienone is 1. The van der Waals surface area contributed by atoms with E-state index in [4.69, 9.17) is 14.9 Å². The highest BCUT2D eigenvalue weighted by atomic mass is 32.2. The molecule has 0 saturated carbocycles. The van der Waals surface area contributed by atoms with Gasteiger partial charge in [-0.1, -0.05) is 0 Å². The molecule has 0 fully saturated rings. The van der Waals surface area contributed by atoms with Crippen LogP contribution < -0.4 is 9.46 Å². The van der Waals surface area contributed by atoms with Gasteiger partial charge in [-0.2, -0.15) is 0 Å². The minimum Gasteiger partial charge on any atom is -0.508 e. The number of aliphatic hydroxyl groups is 1. The van der Waals surface area contributed by atoms with E-state index in [-0.39, 0.29) is 27.5 Å². The van der Waals surface area contributed by atoms with Crippen LogP contribution >= 0.6 is 0 Å². The van der Waals surface area contributed by atoms with E-state index < -0.39 is 34.1 Å². The molecular weight excluding hydrogens is 364 g/mol. The monoisotopic (exact) mass is 384 g/mol. The number of hydrogen-bond acceptors (Lipinski definition) is 8. The summed E-state index contributed by atoms with van der Waals surface area (Å²) in [5.41, 5.74) is -0.507. The molecule has 142 valence electrons. The molecule has 0 radical (unpaired) electrons. The van der Waals surface area contributed by atoms with Crippen molar-refractivity contribution in [3.05, 3.63) is 35.1 Å². The first-order chi connectivity index (χ1) is 12.0. The maximum absolute atomic E-state index is 12.1. The zero-order valence-corrected chi connectivity index (χ0v) is 15.6. The molecule has 10 heteroatoms. The van der Waals surface area contributed by atoms with Gasteiger partial charge in [-0.15, -0.1) is 0 Å². The lowest BCUT2D eigenvalue weighted by Crippen LogP contribution is -2.20. The summed E-state index contributed by atoms with van der Waals surface area (Å²) in [6, 6.07) is 3.66. The van der Waals surface area contributed by atoms with E-state index in [1.54, 1.807) is 0 Å². The number of carbonyl (C=O) groups excluding carboxylic acids is 2. The van der Waals surface area contributed by atoms with Crippen molar-refractivity contribution >= 4 is 27.5 Å². The van der Waals surface area contributed by atoms with E-state index in [9.17, 15) is 23.1 Å². The smallest absolute Gasteiger partial charge is 0.338 e. The van der Waals surface area contributed by atoms with Crippen molar-refractivity contribution < 1.29 is 32.6 Å². The van der Waals surface area contributed by atoms with Gasteiger partial charge in [-0.05, 0) is 39.1 Å². The van der Waals surface area contributed by atoms with Crippen molar-refractivity contribution in [1.29, 1.82) is 5.41 Å². The fourth-order valence-electron chi connectivity index (χ4n) is 2.10. The van der Waals surface area contributed by atoms with E-state index in [0.29, 0.717) is 0 Å². The van der Waals surface area contributed by atoms with Gasteiger partial charge in [0.05, 0.1) is 18.2 Å². The fraction of sp³-hybridized carbons (Fsp3) is 0.312. The number of methoxy groups -OCH3 is 1. The number of ether oxygens (including phenoxy) is 2. The molecule has 0 aliphatic heterocycles. The summed E-state index contributed by atoms with van der Waals surface area (Å²) in [6.45, 7) is 1.85. The Hall–Kier alpha value is -2.72. The van der Waals surface area contributed by atoms with Gasteiger partial charge in [0, 0.05) is 5.71 Å². The number of hydrogen-bond donors (Lipinski definition) is 3. The minimum absolute atomic E-state index is 0.0388. The molecule has 0 aromatic heterocycles. The lowest BCUT2D eigenvalue weighted by atomic mass is 10.1. The highest BCUT2D eigenvalue weighted by Crippen LogP contribution is 2.25. The number of sulfonamides is 1. The molecule has 0 amide bonds. The number of carbonyl (C=O) groups is 2. The molecule has 0 heterocycles. The van der Waals surface area contributed by atoms with Crippen LogP contribution in [0.15, 0.2) is 34.4 Å². The van der Waals surface area contributed by atoms with Crippen molar-refractivity contribution in [3.63, 3.8) is 0 Å². The van der Waals surface area contributed by atoms with Crippen molar-refractivity contribution in [2.24, 2.45) is 0 Å². The van der Waals surface area contributed by atoms with E-state index in [2.05, 4.69) is 4.72 Å². The predicted molar refractivity (Wildman–Crippen MR) is 93.3 cm³/mol. The first-order valence-electron chi connectivity index (χ1n) is 7.32. The second-order valence-electron chi connectivity index (χ2n) is 5.15. The molecule has 1 aromatic rings. The Bertz CT molecular complexity index is 857. The second kappa shape index (κ2) is 8.59. The number of Topliss-reactive ketones (excluding diaryl/α,β-unsaturated/α-hetero) is 1. The van der Waals surface area contributed by atoms with Crippen molar-refractivity contribution in [2.45, 2.75) is 18.7 Å². The fourth-order valence-corrected chi connectivity index (χ4v) is 3.01. The molecule has 0 aliphatic rings. The first kappa shape index (κ1) is 21.3. The van der Waals surface area contributed by atoms with E-state index in [1.807, 2.05) is 0 Å². The van der Waals surface area contributed by atoms with Gasteiger partial charge in [-0.3, -0.25) is 4.79 Å². The third-order valence-corrected chi connectivity index (χ3v) is 4.75. The lowest BCUT2D eigenvalue weighted by Gasteiger charge is -2.11. The topological polar surface area (TPSA) is 143 Å². The van der Waals surface area contributed by atoms with Gasteiger partial charge in [0.2, 0.25) is 10.0 Å². The predicted octanol–water partition coefficient (Wildman–Crippen LogP) is 1.20. The quantitative estimate of drug-likeness (QED) is 0.264. The summed E-state index contributed by atoms with van der Waals surface area (Å²) in [7, 11) is -1.38. The van der Waals surface area contributed by atoms with E-state index in [0.717, 1.165) is 6.07 Å². The van der Waals surface area contributed by atoms with Gasteiger partial charge >= 0.3 is 5.97 Å². The van der Waals surface area contributed by atoms with Crippen LogP contribution in [0.1, 0.15) is 24.2 Å². The van der Waals surface area contributed by atoms with Crippen LogP contribution in [0.3, 0.4) is 0 Å².